The topological polar surface area (TPSA) is 90.5 Å². The number of hydrogen-bond acceptors (Lipinski definition) is 6. The summed E-state index contributed by atoms with van der Waals surface area (Å²) in [5.41, 5.74) is 0.347. The normalized spacial score (nSPS) is 20.8. The Labute approximate surface area is 196 Å². The Morgan fingerprint density at radius 3 is 2.36 bits per heavy atom. The molecular formula is C23H34N4O5S. The number of fused-ring (bicyclic) bond motifs is 1. The smallest absolute Gasteiger partial charge is 0.265 e. The first-order valence-corrected chi connectivity index (χ1v) is 13.4. The zero-order valence-corrected chi connectivity index (χ0v) is 20.2. The van der Waals surface area contributed by atoms with Crippen LogP contribution in [0.4, 0.5) is 5.69 Å². The average molecular weight is 479 g/mol. The van der Waals surface area contributed by atoms with Crippen LogP contribution in [0.1, 0.15) is 39.0 Å². The van der Waals surface area contributed by atoms with E-state index in [-0.39, 0.29) is 29.9 Å². The lowest BCUT2D eigenvalue weighted by Crippen LogP contribution is -2.52. The van der Waals surface area contributed by atoms with Crippen LogP contribution in [0.25, 0.3) is 0 Å². The van der Waals surface area contributed by atoms with Gasteiger partial charge in [-0.3, -0.25) is 19.4 Å². The molecule has 9 nitrogen and oxygen atoms in total. The summed E-state index contributed by atoms with van der Waals surface area (Å²) >= 11 is 0. The highest BCUT2D eigenvalue weighted by molar-refractivity contribution is 7.89. The van der Waals surface area contributed by atoms with Gasteiger partial charge < -0.3 is 9.64 Å². The van der Waals surface area contributed by atoms with Crippen molar-refractivity contribution in [1.82, 2.24) is 14.1 Å². The number of sulfonamides is 1. The monoisotopic (exact) mass is 478 g/mol. The molecule has 10 heteroatoms. The minimum atomic E-state index is -3.68. The van der Waals surface area contributed by atoms with Crippen LogP contribution in [0.5, 0.6) is 5.75 Å². The Balaban J connectivity index is 1.52. The maximum Gasteiger partial charge on any atom is 0.265 e. The number of piperazine rings is 1. The second kappa shape index (κ2) is 10.4. The molecule has 4 rings (SSSR count). The van der Waals surface area contributed by atoms with E-state index in [1.807, 2.05) is 0 Å². The predicted molar refractivity (Wildman–Crippen MR) is 125 cm³/mol. The summed E-state index contributed by atoms with van der Waals surface area (Å²) in [5.74, 6) is -0.0529. The Kier molecular flexibility index (Phi) is 7.55. The molecule has 0 saturated carbocycles. The number of amides is 2. The molecule has 3 heterocycles. The largest absolute Gasteiger partial charge is 0.482 e. The zero-order valence-electron chi connectivity index (χ0n) is 19.4. The average Bonchev–Trinajstić information content (AvgIpc) is 3.11. The van der Waals surface area contributed by atoms with E-state index in [1.165, 1.54) is 21.3 Å². The number of ether oxygens (including phenoxy) is 1. The molecule has 33 heavy (non-hydrogen) atoms. The number of nitrogens with zero attached hydrogens (tertiary/aromatic N) is 4. The van der Waals surface area contributed by atoms with Crippen molar-refractivity contribution in [3.63, 3.8) is 0 Å². The highest BCUT2D eigenvalue weighted by atomic mass is 32.2. The maximum atomic E-state index is 13.3. The van der Waals surface area contributed by atoms with Gasteiger partial charge in [-0.1, -0.05) is 19.8 Å². The molecule has 0 spiro atoms. The quantitative estimate of drug-likeness (QED) is 0.616. The van der Waals surface area contributed by atoms with Crippen molar-refractivity contribution in [3.8, 4) is 5.75 Å². The van der Waals surface area contributed by atoms with Gasteiger partial charge in [0, 0.05) is 39.3 Å². The van der Waals surface area contributed by atoms with Gasteiger partial charge in [-0.05, 0) is 44.0 Å². The molecule has 0 atom stereocenters. The lowest BCUT2D eigenvalue weighted by Gasteiger charge is -2.36. The molecule has 0 bridgehead atoms. The fraction of sp³-hybridized carbons (Fsp3) is 0.652. The number of benzene rings is 1. The molecule has 0 N–H and O–H groups in total. The summed E-state index contributed by atoms with van der Waals surface area (Å²) in [6, 6.07) is 4.61. The molecule has 0 unspecified atom stereocenters. The Hall–Kier alpha value is -2.17. The molecule has 2 fully saturated rings. The van der Waals surface area contributed by atoms with Crippen LogP contribution < -0.4 is 9.64 Å². The van der Waals surface area contributed by atoms with E-state index in [9.17, 15) is 18.0 Å². The van der Waals surface area contributed by atoms with Crippen molar-refractivity contribution >= 4 is 27.5 Å². The van der Waals surface area contributed by atoms with E-state index in [1.54, 1.807) is 11.0 Å². The van der Waals surface area contributed by atoms with Crippen LogP contribution in [0, 0.1) is 0 Å². The third kappa shape index (κ3) is 5.33. The van der Waals surface area contributed by atoms with Gasteiger partial charge in [0.1, 0.15) is 12.3 Å². The van der Waals surface area contributed by atoms with Gasteiger partial charge in [-0.2, -0.15) is 4.31 Å². The lowest BCUT2D eigenvalue weighted by molar-refractivity contribution is -0.133. The van der Waals surface area contributed by atoms with E-state index in [0.717, 1.165) is 51.7 Å². The Bertz CT molecular complexity index is 967. The highest BCUT2D eigenvalue weighted by Crippen LogP contribution is 2.35. The van der Waals surface area contributed by atoms with E-state index in [0.29, 0.717) is 37.6 Å². The van der Waals surface area contributed by atoms with Crippen molar-refractivity contribution in [2.45, 2.75) is 43.9 Å². The Morgan fingerprint density at radius 2 is 1.70 bits per heavy atom. The second-order valence-corrected chi connectivity index (χ2v) is 10.9. The van der Waals surface area contributed by atoms with Gasteiger partial charge in [-0.25, -0.2) is 8.42 Å². The van der Waals surface area contributed by atoms with E-state index < -0.39 is 10.0 Å². The summed E-state index contributed by atoms with van der Waals surface area (Å²) in [7, 11) is -3.68. The van der Waals surface area contributed by atoms with Crippen LogP contribution >= 0.6 is 0 Å². The molecular weight excluding hydrogens is 444 g/mol. The summed E-state index contributed by atoms with van der Waals surface area (Å²) in [6.45, 7) is 6.80. The molecule has 1 aromatic rings. The van der Waals surface area contributed by atoms with Crippen LogP contribution in [-0.4, -0.2) is 93.3 Å². The number of anilines is 1. The van der Waals surface area contributed by atoms with Crippen molar-refractivity contribution in [1.29, 1.82) is 0 Å². The first kappa shape index (κ1) is 24.0. The molecule has 0 aromatic heterocycles. The van der Waals surface area contributed by atoms with Crippen molar-refractivity contribution < 1.29 is 22.7 Å². The van der Waals surface area contributed by atoms with E-state index >= 15 is 0 Å². The van der Waals surface area contributed by atoms with Gasteiger partial charge in [0.15, 0.2) is 6.61 Å². The molecule has 182 valence electrons. The summed E-state index contributed by atoms with van der Waals surface area (Å²) in [5, 5.41) is 0. The Morgan fingerprint density at radius 1 is 1.00 bits per heavy atom. The summed E-state index contributed by atoms with van der Waals surface area (Å²) < 4.78 is 33.6. The highest BCUT2D eigenvalue weighted by Gasteiger charge is 2.33. The molecule has 0 aliphatic carbocycles. The van der Waals surface area contributed by atoms with Gasteiger partial charge in [0.2, 0.25) is 15.9 Å². The minimum Gasteiger partial charge on any atom is -0.482 e. The number of carbonyl (C=O) groups is 2. The first-order chi connectivity index (χ1) is 15.9. The second-order valence-electron chi connectivity index (χ2n) is 8.94. The standard InChI is InChI=1S/C23H34N4O5S/c1-2-9-24-12-14-25(15-13-24)22(28)17-27-20-16-19(7-8-21(20)32-18-23(27)29)33(30,31)26-10-5-3-4-6-11-26/h7-8,16H,2-6,9-15,17-18H2,1H3. The van der Waals surface area contributed by atoms with Crippen molar-refractivity contribution in [2.24, 2.45) is 0 Å². The zero-order chi connectivity index (χ0) is 23.4. The van der Waals surface area contributed by atoms with Crippen LogP contribution in [0.2, 0.25) is 0 Å². The van der Waals surface area contributed by atoms with Crippen molar-refractivity contribution in [3.05, 3.63) is 18.2 Å². The third-order valence-corrected chi connectivity index (χ3v) is 8.53. The lowest BCUT2D eigenvalue weighted by atomic mass is 10.2. The fourth-order valence-electron chi connectivity index (χ4n) is 4.72. The van der Waals surface area contributed by atoms with Crippen LogP contribution in [-0.2, 0) is 19.6 Å². The molecule has 2 saturated heterocycles. The third-order valence-electron chi connectivity index (χ3n) is 6.63. The van der Waals surface area contributed by atoms with Crippen LogP contribution in [0.15, 0.2) is 23.1 Å². The maximum absolute atomic E-state index is 13.3. The van der Waals surface area contributed by atoms with Gasteiger partial charge >= 0.3 is 0 Å². The van der Waals surface area contributed by atoms with Crippen LogP contribution in [0.3, 0.4) is 0 Å². The SMILES string of the molecule is CCCN1CCN(C(=O)CN2C(=O)COc3ccc(S(=O)(=O)N4CCCCCC4)cc32)CC1. The first-order valence-electron chi connectivity index (χ1n) is 12.0. The number of hydrogen-bond donors (Lipinski definition) is 0. The predicted octanol–water partition coefficient (Wildman–Crippen LogP) is 1.53. The number of carbonyl (C=O) groups excluding carboxylic acids is 2. The van der Waals surface area contributed by atoms with Crippen molar-refractivity contribution in [2.75, 3.05) is 63.9 Å². The van der Waals surface area contributed by atoms with Gasteiger partial charge in [0.05, 0.1) is 10.6 Å². The summed E-state index contributed by atoms with van der Waals surface area (Å²) in [4.78, 5) is 31.3. The van der Waals surface area contributed by atoms with Gasteiger partial charge in [-0.15, -0.1) is 0 Å². The molecule has 2 amide bonds. The van der Waals surface area contributed by atoms with E-state index in [2.05, 4.69) is 11.8 Å². The number of rotatable bonds is 6. The van der Waals surface area contributed by atoms with E-state index in [4.69, 9.17) is 4.74 Å². The van der Waals surface area contributed by atoms with Gasteiger partial charge in [0.25, 0.3) is 5.91 Å². The minimum absolute atomic E-state index is 0.115. The molecule has 0 radical (unpaired) electrons. The molecule has 3 aliphatic heterocycles. The fourth-order valence-corrected chi connectivity index (χ4v) is 6.26. The summed E-state index contributed by atoms with van der Waals surface area (Å²) in [6.07, 6.45) is 4.83. The molecule has 3 aliphatic rings. The molecule has 1 aromatic carbocycles.